The van der Waals surface area contributed by atoms with E-state index in [4.69, 9.17) is 11.5 Å². The second-order valence-corrected chi connectivity index (χ2v) is 5.83. The minimum atomic E-state index is 0. The number of rotatable bonds is 0. The van der Waals surface area contributed by atoms with E-state index < -0.39 is 0 Å². The molecule has 2 heterocycles. The van der Waals surface area contributed by atoms with Crippen LogP contribution >= 0.6 is 0 Å². The van der Waals surface area contributed by atoms with Crippen molar-refractivity contribution in [3.05, 3.63) is 48.8 Å². The molecule has 0 saturated heterocycles. The molecule has 1 aromatic carbocycles. The quantitative estimate of drug-likeness (QED) is 0.476. The maximum absolute atomic E-state index is 5.65. The molecule has 3 aromatic rings. The normalized spacial score (nSPS) is 20.4. The molecule has 0 aliphatic heterocycles. The first-order chi connectivity index (χ1) is 10.8. The third-order valence-corrected chi connectivity index (χ3v) is 4.22. The molecule has 23 heavy (non-hydrogen) atoms. The monoisotopic (exact) mass is 489 g/mol. The smallest absolute Gasteiger partial charge is 0.326 e. The van der Waals surface area contributed by atoms with Gasteiger partial charge in [-0.2, -0.15) is 0 Å². The molecular formula is C18H22N4Pt+2. The van der Waals surface area contributed by atoms with Crippen LogP contribution in [0, 0.1) is 0 Å². The van der Waals surface area contributed by atoms with Crippen molar-refractivity contribution < 1.29 is 21.1 Å². The molecule has 0 amide bonds. The van der Waals surface area contributed by atoms with Crippen LogP contribution in [0.3, 0.4) is 0 Å². The number of pyridine rings is 2. The van der Waals surface area contributed by atoms with E-state index >= 15 is 0 Å². The van der Waals surface area contributed by atoms with Crippen LogP contribution in [0.5, 0.6) is 0 Å². The van der Waals surface area contributed by atoms with Crippen molar-refractivity contribution in [3.8, 4) is 0 Å². The van der Waals surface area contributed by atoms with Crippen molar-refractivity contribution in [3.63, 3.8) is 0 Å². The summed E-state index contributed by atoms with van der Waals surface area (Å²) >= 11 is 0. The van der Waals surface area contributed by atoms with E-state index in [-0.39, 0.29) is 33.1 Å². The fourth-order valence-corrected chi connectivity index (χ4v) is 2.87. The van der Waals surface area contributed by atoms with E-state index in [1.165, 1.54) is 12.8 Å². The second-order valence-electron chi connectivity index (χ2n) is 5.83. The van der Waals surface area contributed by atoms with Crippen LogP contribution in [0.25, 0.3) is 21.8 Å². The summed E-state index contributed by atoms with van der Waals surface area (Å²) in [5, 5.41) is 2.28. The van der Waals surface area contributed by atoms with E-state index in [0.29, 0.717) is 0 Å². The van der Waals surface area contributed by atoms with E-state index in [9.17, 15) is 0 Å². The van der Waals surface area contributed by atoms with Gasteiger partial charge in [-0.25, -0.2) is 0 Å². The zero-order valence-electron chi connectivity index (χ0n) is 13.0. The molecule has 1 fully saturated rings. The Hall–Kier alpha value is -1.35. The maximum atomic E-state index is 5.65. The first-order valence-electron chi connectivity index (χ1n) is 7.85. The van der Waals surface area contributed by atoms with Gasteiger partial charge in [0.15, 0.2) is 0 Å². The van der Waals surface area contributed by atoms with Gasteiger partial charge in [-0.05, 0) is 25.0 Å². The predicted octanol–water partition coefficient (Wildman–Crippen LogP) is 3.00. The summed E-state index contributed by atoms with van der Waals surface area (Å²) in [5.74, 6) is 0. The first kappa shape index (κ1) is 18.0. The summed E-state index contributed by atoms with van der Waals surface area (Å²) in [7, 11) is 0. The van der Waals surface area contributed by atoms with Crippen LogP contribution in [0.15, 0.2) is 48.8 Å². The summed E-state index contributed by atoms with van der Waals surface area (Å²) < 4.78 is 0. The fourth-order valence-electron chi connectivity index (χ4n) is 2.87. The largest absolute Gasteiger partial charge is 2.00 e. The summed E-state index contributed by atoms with van der Waals surface area (Å²) in [4.78, 5) is 8.69. The SMILES string of the molecule is N[C@@H]1CCCC[C@H]1N.[Pt+2].c1cnc2c(c1)ccc1cccnc12. The molecule has 0 bridgehead atoms. The third kappa shape index (κ3) is 4.35. The molecule has 122 valence electrons. The van der Waals surface area contributed by atoms with E-state index in [2.05, 4.69) is 34.2 Å². The summed E-state index contributed by atoms with van der Waals surface area (Å²) in [6.07, 6.45) is 8.40. The molecule has 0 radical (unpaired) electrons. The number of nitrogens with zero attached hydrogens (tertiary/aromatic N) is 2. The zero-order valence-corrected chi connectivity index (χ0v) is 15.2. The molecule has 0 spiro atoms. The van der Waals surface area contributed by atoms with Crippen LogP contribution in [-0.4, -0.2) is 22.1 Å². The van der Waals surface area contributed by atoms with E-state index in [1.807, 2.05) is 12.1 Å². The van der Waals surface area contributed by atoms with Gasteiger partial charge >= 0.3 is 21.1 Å². The third-order valence-electron chi connectivity index (χ3n) is 4.22. The molecule has 4 nitrogen and oxygen atoms in total. The summed E-state index contributed by atoms with van der Waals surface area (Å²) in [5.41, 5.74) is 13.3. The van der Waals surface area contributed by atoms with E-state index in [1.54, 1.807) is 12.4 Å². The van der Waals surface area contributed by atoms with Gasteiger partial charge in [0.25, 0.3) is 0 Å². The van der Waals surface area contributed by atoms with Gasteiger partial charge in [-0.3, -0.25) is 9.97 Å². The van der Waals surface area contributed by atoms with Gasteiger partial charge in [0.05, 0.1) is 11.0 Å². The molecule has 4 N–H and O–H groups in total. The molecule has 5 heteroatoms. The van der Waals surface area contributed by atoms with Crippen molar-refractivity contribution in [2.24, 2.45) is 11.5 Å². The average molecular weight is 489 g/mol. The Labute approximate surface area is 150 Å². The van der Waals surface area contributed by atoms with Crippen molar-refractivity contribution in [1.29, 1.82) is 0 Å². The Morgan fingerprint density at radius 2 is 1.17 bits per heavy atom. The van der Waals surface area contributed by atoms with Crippen LogP contribution in [0.1, 0.15) is 25.7 Å². The maximum Gasteiger partial charge on any atom is 2.00 e. The number of fused-ring (bicyclic) bond motifs is 3. The van der Waals surface area contributed by atoms with Crippen molar-refractivity contribution >= 4 is 21.8 Å². The second kappa shape index (κ2) is 8.49. The number of nitrogens with two attached hydrogens (primary N) is 2. The molecule has 0 unspecified atom stereocenters. The van der Waals surface area contributed by atoms with Gasteiger partial charge in [0, 0.05) is 35.2 Å². The Bertz CT molecular complexity index is 697. The Morgan fingerprint density at radius 3 is 1.57 bits per heavy atom. The zero-order chi connectivity index (χ0) is 15.4. The minimum Gasteiger partial charge on any atom is -0.326 e. The van der Waals surface area contributed by atoms with Crippen LogP contribution in [0.4, 0.5) is 0 Å². The molecule has 4 rings (SSSR count). The van der Waals surface area contributed by atoms with Crippen LogP contribution in [-0.2, 0) is 21.1 Å². The topological polar surface area (TPSA) is 77.8 Å². The van der Waals surface area contributed by atoms with Crippen LogP contribution in [0.2, 0.25) is 0 Å². The molecular weight excluding hydrogens is 467 g/mol. The van der Waals surface area contributed by atoms with Gasteiger partial charge in [-0.1, -0.05) is 37.1 Å². The predicted molar refractivity (Wildman–Crippen MR) is 91.5 cm³/mol. The number of benzene rings is 1. The number of hydrogen-bond acceptors (Lipinski definition) is 4. The Kier molecular flexibility index (Phi) is 6.64. The van der Waals surface area contributed by atoms with Gasteiger partial charge in [-0.15, -0.1) is 0 Å². The molecule has 1 aliphatic rings. The van der Waals surface area contributed by atoms with Crippen molar-refractivity contribution in [2.75, 3.05) is 0 Å². The van der Waals surface area contributed by atoms with Gasteiger partial charge < -0.3 is 11.5 Å². The Balaban J connectivity index is 0.000000185. The molecule has 2 aromatic heterocycles. The van der Waals surface area contributed by atoms with Crippen LogP contribution < -0.4 is 11.5 Å². The summed E-state index contributed by atoms with van der Waals surface area (Å²) in [6.45, 7) is 0. The first-order valence-corrected chi connectivity index (χ1v) is 7.85. The van der Waals surface area contributed by atoms with Gasteiger partial charge in [0.2, 0.25) is 0 Å². The molecule has 2 atom stereocenters. The summed E-state index contributed by atoms with van der Waals surface area (Å²) in [6, 6.07) is 12.7. The fraction of sp³-hybridized carbons (Fsp3) is 0.333. The van der Waals surface area contributed by atoms with E-state index in [0.717, 1.165) is 34.6 Å². The standard InChI is InChI=1S/C12H8N2.C6H14N2.Pt/c1-3-9-5-6-10-4-2-8-14-12(10)11(9)13-7-1;7-5-3-1-2-4-6(5)8;/h1-8H;5-6H,1-4,7-8H2;/q;;+2/t;5-,6-;/m.1./s1. The molecule has 1 saturated carbocycles. The van der Waals surface area contributed by atoms with Crippen molar-refractivity contribution in [2.45, 2.75) is 37.8 Å². The number of aromatic nitrogens is 2. The van der Waals surface area contributed by atoms with Gasteiger partial charge in [0.1, 0.15) is 0 Å². The minimum absolute atomic E-state index is 0. The average Bonchev–Trinajstić information content (AvgIpc) is 2.58. The Morgan fingerprint density at radius 1 is 0.739 bits per heavy atom. The molecule has 1 aliphatic carbocycles. The number of hydrogen-bond donors (Lipinski definition) is 2. The van der Waals surface area contributed by atoms with Crippen molar-refractivity contribution in [1.82, 2.24) is 9.97 Å².